The van der Waals surface area contributed by atoms with E-state index < -0.39 is 17.3 Å². The van der Waals surface area contributed by atoms with Crippen molar-refractivity contribution in [2.75, 3.05) is 13.1 Å². The first-order chi connectivity index (χ1) is 11.4. The quantitative estimate of drug-likeness (QED) is 0.762. The zero-order chi connectivity index (χ0) is 18.8. The first kappa shape index (κ1) is 19.4. The van der Waals surface area contributed by atoms with Gasteiger partial charge in [0.15, 0.2) is 0 Å². The number of amides is 1. The molecule has 0 atom stereocenters. The largest absolute Gasteiger partial charge is 0.490 e. The zero-order valence-electron chi connectivity index (χ0n) is 14.9. The van der Waals surface area contributed by atoms with E-state index in [2.05, 4.69) is 0 Å². The van der Waals surface area contributed by atoms with Crippen LogP contribution in [-0.4, -0.2) is 35.8 Å². The number of likely N-dealkylation sites (tertiary alicyclic amines) is 1. The summed E-state index contributed by atoms with van der Waals surface area (Å²) in [5, 5.41) is 0. The number of alkyl halides is 3. The third-order valence-electron chi connectivity index (χ3n) is 3.77. The topological polar surface area (TPSA) is 38.8 Å². The Labute approximate surface area is 145 Å². The van der Waals surface area contributed by atoms with Gasteiger partial charge in [-0.2, -0.15) is 13.2 Å². The minimum atomic E-state index is -4.40. The number of piperidine rings is 1. The molecule has 0 spiro atoms. The third kappa shape index (κ3) is 5.83. The van der Waals surface area contributed by atoms with Crippen molar-refractivity contribution in [2.45, 2.75) is 58.4 Å². The van der Waals surface area contributed by atoms with E-state index in [0.717, 1.165) is 12.1 Å². The molecule has 0 unspecified atom stereocenters. The van der Waals surface area contributed by atoms with E-state index in [-0.39, 0.29) is 17.9 Å². The molecule has 7 heteroatoms. The number of halogens is 3. The third-order valence-corrected chi connectivity index (χ3v) is 3.77. The summed E-state index contributed by atoms with van der Waals surface area (Å²) < 4.78 is 49.7. The zero-order valence-corrected chi connectivity index (χ0v) is 14.9. The highest BCUT2D eigenvalue weighted by atomic mass is 19.4. The molecule has 25 heavy (non-hydrogen) atoms. The fraction of sp³-hybridized carbons (Fsp3) is 0.611. The van der Waals surface area contributed by atoms with E-state index in [1.165, 1.54) is 0 Å². The lowest BCUT2D eigenvalue weighted by molar-refractivity contribution is -0.137. The number of benzene rings is 1. The molecular weight excluding hydrogens is 335 g/mol. The van der Waals surface area contributed by atoms with Crippen LogP contribution in [-0.2, 0) is 10.9 Å². The van der Waals surface area contributed by atoms with Gasteiger partial charge in [-0.1, -0.05) is 0 Å². The van der Waals surface area contributed by atoms with Crippen molar-refractivity contribution in [1.29, 1.82) is 0 Å². The second-order valence-electron chi connectivity index (χ2n) is 7.32. The maximum absolute atomic E-state index is 12.9. The van der Waals surface area contributed by atoms with E-state index in [1.54, 1.807) is 38.7 Å². The van der Waals surface area contributed by atoms with Crippen LogP contribution < -0.4 is 4.74 Å². The van der Waals surface area contributed by atoms with Crippen LogP contribution in [0.3, 0.4) is 0 Å². The number of aryl methyl sites for hydroxylation is 1. The predicted octanol–water partition coefficient (Wildman–Crippen LogP) is 4.79. The van der Waals surface area contributed by atoms with Crippen molar-refractivity contribution in [3.63, 3.8) is 0 Å². The molecular formula is C18H24F3NO3. The Morgan fingerprint density at radius 2 is 1.72 bits per heavy atom. The van der Waals surface area contributed by atoms with E-state index in [0.29, 0.717) is 31.5 Å². The minimum Gasteiger partial charge on any atom is -0.490 e. The van der Waals surface area contributed by atoms with Crippen molar-refractivity contribution < 1.29 is 27.4 Å². The number of nitrogens with zero attached hydrogens (tertiary/aromatic N) is 1. The van der Waals surface area contributed by atoms with Gasteiger partial charge in [0.05, 0.1) is 5.56 Å². The van der Waals surface area contributed by atoms with E-state index >= 15 is 0 Å². The molecule has 0 aromatic heterocycles. The maximum atomic E-state index is 12.9. The van der Waals surface area contributed by atoms with Crippen LogP contribution in [0, 0.1) is 6.92 Å². The van der Waals surface area contributed by atoms with Gasteiger partial charge in [0, 0.05) is 25.9 Å². The van der Waals surface area contributed by atoms with Crippen LogP contribution in [0.1, 0.15) is 44.7 Å². The molecule has 1 saturated heterocycles. The number of hydrogen-bond donors (Lipinski definition) is 0. The van der Waals surface area contributed by atoms with Gasteiger partial charge < -0.3 is 14.4 Å². The van der Waals surface area contributed by atoms with E-state index in [1.807, 2.05) is 0 Å². The standard InChI is InChI=1S/C18H24F3NO3/c1-12-9-13(18(19,20)21)11-15(10-12)24-14-5-7-22(8-6-14)16(23)25-17(2,3)4/h9-11,14H,5-8H2,1-4H3. The van der Waals surface area contributed by atoms with Gasteiger partial charge in [0.2, 0.25) is 0 Å². The molecule has 140 valence electrons. The molecule has 1 fully saturated rings. The number of carbonyl (C=O) groups is 1. The lowest BCUT2D eigenvalue weighted by Gasteiger charge is -2.33. The Hall–Kier alpha value is -1.92. The molecule has 1 aliphatic rings. The number of carbonyl (C=O) groups excluding carboxylic acids is 1. The van der Waals surface area contributed by atoms with Crippen LogP contribution >= 0.6 is 0 Å². The van der Waals surface area contributed by atoms with Crippen LogP contribution in [0.15, 0.2) is 18.2 Å². The second kappa shape index (κ2) is 7.14. The molecule has 4 nitrogen and oxygen atoms in total. The summed E-state index contributed by atoms with van der Waals surface area (Å²) in [4.78, 5) is 13.6. The molecule has 1 aromatic rings. The molecule has 1 aromatic carbocycles. The van der Waals surface area contributed by atoms with Gasteiger partial charge >= 0.3 is 12.3 Å². The highest BCUT2D eigenvalue weighted by Gasteiger charge is 2.32. The molecule has 0 aliphatic carbocycles. The highest BCUT2D eigenvalue weighted by Crippen LogP contribution is 2.33. The summed E-state index contributed by atoms with van der Waals surface area (Å²) in [6.45, 7) is 7.92. The molecule has 0 radical (unpaired) electrons. The highest BCUT2D eigenvalue weighted by molar-refractivity contribution is 5.68. The van der Waals surface area contributed by atoms with E-state index in [9.17, 15) is 18.0 Å². The average molecular weight is 359 g/mol. The summed E-state index contributed by atoms with van der Waals surface area (Å²) in [6, 6.07) is 3.71. The predicted molar refractivity (Wildman–Crippen MR) is 87.6 cm³/mol. The molecule has 2 rings (SSSR count). The van der Waals surface area contributed by atoms with Gasteiger partial charge in [-0.15, -0.1) is 0 Å². The van der Waals surface area contributed by atoms with Crippen LogP contribution in [0.25, 0.3) is 0 Å². The minimum absolute atomic E-state index is 0.211. The first-order valence-corrected chi connectivity index (χ1v) is 8.27. The summed E-state index contributed by atoms with van der Waals surface area (Å²) in [5.41, 5.74) is -0.773. The molecule has 1 amide bonds. The smallest absolute Gasteiger partial charge is 0.416 e. The van der Waals surface area contributed by atoms with Crippen molar-refractivity contribution >= 4 is 6.09 Å². The van der Waals surface area contributed by atoms with Gasteiger partial charge in [0.25, 0.3) is 0 Å². The lowest BCUT2D eigenvalue weighted by Crippen LogP contribution is -2.44. The normalized spacial score (nSPS) is 16.7. The van der Waals surface area contributed by atoms with Crippen LogP contribution in [0.5, 0.6) is 5.75 Å². The Bertz CT molecular complexity index is 615. The second-order valence-corrected chi connectivity index (χ2v) is 7.32. The molecule has 0 saturated carbocycles. The summed E-state index contributed by atoms with van der Waals surface area (Å²) in [6.07, 6.45) is -3.89. The Morgan fingerprint density at radius 3 is 2.24 bits per heavy atom. The van der Waals surface area contributed by atoms with Crippen molar-refractivity contribution in [3.8, 4) is 5.75 Å². The maximum Gasteiger partial charge on any atom is 0.416 e. The van der Waals surface area contributed by atoms with Gasteiger partial charge in [-0.25, -0.2) is 4.79 Å². The first-order valence-electron chi connectivity index (χ1n) is 8.27. The van der Waals surface area contributed by atoms with Crippen molar-refractivity contribution in [1.82, 2.24) is 4.90 Å². The van der Waals surface area contributed by atoms with Crippen molar-refractivity contribution in [2.24, 2.45) is 0 Å². The van der Waals surface area contributed by atoms with Gasteiger partial charge in [-0.3, -0.25) is 0 Å². The SMILES string of the molecule is Cc1cc(OC2CCN(C(=O)OC(C)(C)C)CC2)cc(C(F)(F)F)c1. The molecule has 1 aliphatic heterocycles. The average Bonchev–Trinajstić information content (AvgIpc) is 2.44. The molecule has 0 bridgehead atoms. The van der Waals surface area contributed by atoms with Crippen molar-refractivity contribution in [3.05, 3.63) is 29.3 Å². The monoisotopic (exact) mass is 359 g/mol. The fourth-order valence-corrected chi connectivity index (χ4v) is 2.65. The molecule has 0 N–H and O–H groups in total. The van der Waals surface area contributed by atoms with E-state index in [4.69, 9.17) is 9.47 Å². The Balaban J connectivity index is 1.94. The number of ether oxygens (including phenoxy) is 2. The summed E-state index contributed by atoms with van der Waals surface area (Å²) in [7, 11) is 0. The van der Waals surface area contributed by atoms with Gasteiger partial charge in [0.1, 0.15) is 17.5 Å². The Kier molecular flexibility index (Phi) is 5.54. The fourth-order valence-electron chi connectivity index (χ4n) is 2.65. The lowest BCUT2D eigenvalue weighted by atomic mass is 10.1. The summed E-state index contributed by atoms with van der Waals surface area (Å²) >= 11 is 0. The Morgan fingerprint density at radius 1 is 1.12 bits per heavy atom. The molecule has 1 heterocycles. The number of rotatable bonds is 2. The summed E-state index contributed by atoms with van der Waals surface area (Å²) in [5.74, 6) is 0.211. The van der Waals surface area contributed by atoms with Gasteiger partial charge in [-0.05, 0) is 51.5 Å². The van der Waals surface area contributed by atoms with Crippen LogP contribution in [0.2, 0.25) is 0 Å². The van der Waals surface area contributed by atoms with Crippen LogP contribution in [0.4, 0.5) is 18.0 Å². The number of hydrogen-bond acceptors (Lipinski definition) is 3.